The van der Waals surface area contributed by atoms with Gasteiger partial charge in [-0.1, -0.05) is 24.9 Å². The van der Waals surface area contributed by atoms with E-state index < -0.39 is 6.10 Å². The lowest BCUT2D eigenvalue weighted by Crippen LogP contribution is -2.37. The van der Waals surface area contributed by atoms with Crippen LogP contribution in [-0.4, -0.2) is 23.4 Å². The Hall–Kier alpha value is -2.70. The summed E-state index contributed by atoms with van der Waals surface area (Å²) in [4.78, 5) is 13.5. The number of anilines is 1. The van der Waals surface area contributed by atoms with Gasteiger partial charge in [0.2, 0.25) is 0 Å². The van der Waals surface area contributed by atoms with Gasteiger partial charge >= 0.3 is 0 Å². The molecular weight excluding hydrogens is 430 g/mol. The molecule has 0 saturated carbocycles. The van der Waals surface area contributed by atoms with Gasteiger partial charge in [0.15, 0.2) is 6.10 Å². The van der Waals surface area contributed by atoms with Crippen molar-refractivity contribution in [1.82, 2.24) is 0 Å². The monoisotopic (exact) mass is 451 g/mol. The SMILES string of the molecule is CCCC1Oc2cc3c(cc2NC1=O)CC(C)=NN=C3c1sc2ccc(Cl)cc2c1C. The fourth-order valence-electron chi connectivity index (χ4n) is 4.15. The second-order valence-corrected chi connectivity index (χ2v) is 9.54. The molecule has 2 aliphatic rings. The van der Waals surface area contributed by atoms with Crippen LogP contribution in [0.15, 0.2) is 40.5 Å². The summed E-state index contributed by atoms with van der Waals surface area (Å²) in [6.45, 7) is 6.12. The highest BCUT2D eigenvalue weighted by Gasteiger charge is 2.30. The number of hydrogen-bond acceptors (Lipinski definition) is 5. The first-order valence-corrected chi connectivity index (χ1v) is 11.6. The van der Waals surface area contributed by atoms with Gasteiger partial charge in [-0.2, -0.15) is 5.10 Å². The van der Waals surface area contributed by atoms with Crippen molar-refractivity contribution in [2.75, 3.05) is 5.32 Å². The van der Waals surface area contributed by atoms with E-state index in [1.54, 1.807) is 11.3 Å². The van der Waals surface area contributed by atoms with Crippen LogP contribution in [0.1, 0.15) is 48.3 Å². The fourth-order valence-corrected chi connectivity index (χ4v) is 5.51. The van der Waals surface area contributed by atoms with Gasteiger partial charge in [0.25, 0.3) is 5.91 Å². The van der Waals surface area contributed by atoms with Crippen LogP contribution in [0.3, 0.4) is 0 Å². The Balaban J connectivity index is 1.67. The maximum absolute atomic E-state index is 12.4. The summed E-state index contributed by atoms with van der Waals surface area (Å²) in [6, 6.07) is 9.97. The van der Waals surface area contributed by atoms with Gasteiger partial charge in [0.05, 0.1) is 10.6 Å². The normalized spacial score (nSPS) is 17.8. The summed E-state index contributed by atoms with van der Waals surface area (Å²) in [5.41, 5.74) is 5.67. The number of hydrogen-bond donors (Lipinski definition) is 1. The van der Waals surface area contributed by atoms with Gasteiger partial charge in [0, 0.05) is 27.4 Å². The number of carbonyl (C=O) groups excluding carboxylic acids is 1. The molecule has 0 radical (unpaired) electrons. The molecule has 0 spiro atoms. The highest BCUT2D eigenvalue weighted by Crippen LogP contribution is 2.39. The van der Waals surface area contributed by atoms with Gasteiger partial charge in [-0.15, -0.1) is 16.4 Å². The molecule has 1 atom stereocenters. The van der Waals surface area contributed by atoms with E-state index in [0.29, 0.717) is 24.3 Å². The zero-order valence-corrected chi connectivity index (χ0v) is 19.2. The Bertz CT molecular complexity index is 1290. The Morgan fingerprint density at radius 3 is 2.87 bits per heavy atom. The average Bonchev–Trinajstić information content (AvgIpc) is 2.96. The van der Waals surface area contributed by atoms with Crippen molar-refractivity contribution >= 4 is 56.0 Å². The lowest BCUT2D eigenvalue weighted by atomic mass is 9.95. The second-order valence-electron chi connectivity index (χ2n) is 8.05. The Kier molecular flexibility index (Phi) is 5.07. The van der Waals surface area contributed by atoms with Crippen LogP contribution < -0.4 is 10.1 Å². The lowest BCUT2D eigenvalue weighted by molar-refractivity contribution is -0.123. The minimum absolute atomic E-state index is 0.0839. The van der Waals surface area contributed by atoms with E-state index in [-0.39, 0.29) is 5.91 Å². The molecule has 0 aliphatic carbocycles. The zero-order chi connectivity index (χ0) is 21.7. The van der Waals surface area contributed by atoms with E-state index in [1.165, 1.54) is 0 Å². The maximum atomic E-state index is 12.4. The Morgan fingerprint density at radius 2 is 2.06 bits per heavy atom. The van der Waals surface area contributed by atoms with Crippen molar-refractivity contribution in [3.05, 3.63) is 56.9 Å². The molecule has 5 nitrogen and oxygen atoms in total. The minimum atomic E-state index is -0.465. The number of thiophene rings is 1. The molecule has 3 heterocycles. The summed E-state index contributed by atoms with van der Waals surface area (Å²) < 4.78 is 7.25. The zero-order valence-electron chi connectivity index (χ0n) is 17.6. The van der Waals surface area contributed by atoms with Crippen LogP contribution in [0.2, 0.25) is 5.02 Å². The molecule has 2 aromatic carbocycles. The molecular formula is C24H22ClN3O2S. The highest BCUT2D eigenvalue weighted by atomic mass is 35.5. The van der Waals surface area contributed by atoms with Crippen molar-refractivity contribution in [3.63, 3.8) is 0 Å². The fraction of sp³-hybridized carbons (Fsp3) is 0.292. The molecule has 7 heteroatoms. The number of ether oxygens (including phenoxy) is 1. The number of benzene rings is 2. The molecule has 158 valence electrons. The van der Waals surface area contributed by atoms with Gasteiger partial charge in [0.1, 0.15) is 11.5 Å². The van der Waals surface area contributed by atoms with Crippen LogP contribution in [0.5, 0.6) is 5.75 Å². The third-order valence-electron chi connectivity index (χ3n) is 5.71. The van der Waals surface area contributed by atoms with Gasteiger partial charge < -0.3 is 10.1 Å². The summed E-state index contributed by atoms with van der Waals surface area (Å²) in [5.74, 6) is 0.602. The highest BCUT2D eigenvalue weighted by molar-refractivity contribution is 7.21. The molecule has 5 rings (SSSR count). The molecule has 31 heavy (non-hydrogen) atoms. The Labute approximate surface area is 189 Å². The maximum Gasteiger partial charge on any atom is 0.265 e. The standard InChI is InChI=1S/C24H22ClN3O2S/c1-4-5-19-24(29)26-18-9-14-8-12(2)27-28-22(17(14)11-20(18)30-19)23-13(3)16-10-15(25)6-7-21(16)31-23/h6-7,9-11,19H,4-5,8H2,1-3H3,(H,26,29). The largest absolute Gasteiger partial charge is 0.478 e. The lowest BCUT2D eigenvalue weighted by Gasteiger charge is -2.27. The van der Waals surface area contributed by atoms with Crippen LogP contribution in [0.4, 0.5) is 5.69 Å². The minimum Gasteiger partial charge on any atom is -0.478 e. The van der Waals surface area contributed by atoms with Crippen LogP contribution >= 0.6 is 22.9 Å². The predicted octanol–water partition coefficient (Wildman–Crippen LogP) is 6.13. The van der Waals surface area contributed by atoms with Crippen LogP contribution in [-0.2, 0) is 11.2 Å². The first-order chi connectivity index (χ1) is 14.9. The number of fused-ring (bicyclic) bond motifs is 3. The summed E-state index contributed by atoms with van der Waals surface area (Å²) in [5, 5.41) is 14.0. The molecule has 3 aromatic rings. The topological polar surface area (TPSA) is 63.0 Å². The van der Waals surface area contributed by atoms with Crippen molar-refractivity contribution in [2.24, 2.45) is 10.2 Å². The van der Waals surface area contributed by atoms with E-state index >= 15 is 0 Å². The molecule has 1 N–H and O–H groups in total. The molecule has 2 aliphatic heterocycles. The van der Waals surface area contributed by atoms with E-state index in [9.17, 15) is 4.79 Å². The van der Waals surface area contributed by atoms with Crippen LogP contribution in [0.25, 0.3) is 10.1 Å². The number of nitrogens with zero attached hydrogens (tertiary/aromatic N) is 2. The van der Waals surface area contributed by atoms with Crippen molar-refractivity contribution < 1.29 is 9.53 Å². The molecule has 1 amide bonds. The van der Waals surface area contributed by atoms with Crippen molar-refractivity contribution in [1.29, 1.82) is 0 Å². The van der Waals surface area contributed by atoms with Crippen LogP contribution in [0, 0.1) is 6.92 Å². The first kappa shape index (κ1) is 20.2. The summed E-state index contributed by atoms with van der Waals surface area (Å²) >= 11 is 7.93. The Morgan fingerprint density at radius 1 is 1.23 bits per heavy atom. The molecule has 0 bridgehead atoms. The first-order valence-electron chi connectivity index (χ1n) is 10.4. The van der Waals surface area contributed by atoms with Gasteiger partial charge in [-0.25, -0.2) is 0 Å². The smallest absolute Gasteiger partial charge is 0.265 e. The quantitative estimate of drug-likeness (QED) is 0.520. The number of halogens is 1. The third-order valence-corrected chi connectivity index (χ3v) is 7.23. The van der Waals surface area contributed by atoms with Gasteiger partial charge in [-0.05, 0) is 67.1 Å². The van der Waals surface area contributed by atoms with E-state index in [4.69, 9.17) is 16.3 Å². The third kappa shape index (κ3) is 3.54. The molecule has 1 unspecified atom stereocenters. The second kappa shape index (κ2) is 7.77. The number of nitrogens with one attached hydrogen (secondary N) is 1. The summed E-state index contributed by atoms with van der Waals surface area (Å²) in [7, 11) is 0. The van der Waals surface area contributed by atoms with Gasteiger partial charge in [-0.3, -0.25) is 4.79 Å². The predicted molar refractivity (Wildman–Crippen MR) is 128 cm³/mol. The number of rotatable bonds is 3. The number of amides is 1. The van der Waals surface area contributed by atoms with E-state index in [2.05, 4.69) is 22.4 Å². The van der Waals surface area contributed by atoms with Crippen molar-refractivity contribution in [2.45, 2.75) is 46.1 Å². The molecule has 0 saturated heterocycles. The van der Waals surface area contributed by atoms with E-state index in [0.717, 1.165) is 54.5 Å². The van der Waals surface area contributed by atoms with Crippen molar-refractivity contribution in [3.8, 4) is 5.75 Å². The number of carbonyl (C=O) groups is 1. The molecule has 0 fully saturated rings. The van der Waals surface area contributed by atoms with E-state index in [1.807, 2.05) is 44.2 Å². The number of aryl methyl sites for hydroxylation is 1. The average molecular weight is 452 g/mol. The molecule has 1 aromatic heterocycles. The summed E-state index contributed by atoms with van der Waals surface area (Å²) in [6.07, 6.45) is 1.76.